The van der Waals surface area contributed by atoms with Gasteiger partial charge in [0.25, 0.3) is 0 Å². The van der Waals surface area contributed by atoms with E-state index in [1.165, 1.54) is 6.20 Å². The van der Waals surface area contributed by atoms with E-state index in [1.807, 2.05) is 0 Å². The van der Waals surface area contributed by atoms with Crippen LogP contribution in [-0.4, -0.2) is 21.2 Å². The molecule has 2 saturated carbocycles. The minimum atomic E-state index is -0.340. The fraction of sp³-hybridized carbons (Fsp3) is 0.667. The van der Waals surface area contributed by atoms with Gasteiger partial charge in [0.05, 0.1) is 18.0 Å². The molecule has 86 valence electrons. The normalized spacial score (nSPS) is 36.9. The van der Waals surface area contributed by atoms with Crippen molar-refractivity contribution in [3.63, 3.8) is 0 Å². The highest BCUT2D eigenvalue weighted by Gasteiger charge is 2.59. The molecule has 0 bridgehead atoms. The van der Waals surface area contributed by atoms with Crippen LogP contribution in [0.3, 0.4) is 0 Å². The van der Waals surface area contributed by atoms with Gasteiger partial charge in [0.1, 0.15) is 5.82 Å². The quantitative estimate of drug-likeness (QED) is 0.787. The standard InChI is InChI=1S/C12H15FN2O/c1-7-10(13)6-14-11(15-7)12-3-2-9(16)4-8(12)5-12/h6,8-9,16H,2-5H2,1H3/t8?,9-,12+/m0/s1. The number of nitrogens with zero attached hydrogens (tertiary/aromatic N) is 2. The van der Waals surface area contributed by atoms with Crippen molar-refractivity contribution in [3.8, 4) is 0 Å². The summed E-state index contributed by atoms with van der Waals surface area (Å²) in [7, 11) is 0. The Labute approximate surface area is 93.7 Å². The molecule has 0 radical (unpaired) electrons. The molecule has 3 atom stereocenters. The van der Waals surface area contributed by atoms with Crippen molar-refractivity contribution >= 4 is 0 Å². The fourth-order valence-corrected chi connectivity index (χ4v) is 2.94. The highest BCUT2D eigenvalue weighted by atomic mass is 19.1. The van der Waals surface area contributed by atoms with E-state index in [-0.39, 0.29) is 17.3 Å². The fourth-order valence-electron chi connectivity index (χ4n) is 2.94. The predicted molar refractivity (Wildman–Crippen MR) is 56.4 cm³/mol. The summed E-state index contributed by atoms with van der Waals surface area (Å²) in [5, 5.41) is 9.57. The van der Waals surface area contributed by atoms with Crippen molar-refractivity contribution in [2.24, 2.45) is 5.92 Å². The lowest BCUT2D eigenvalue weighted by atomic mass is 9.86. The van der Waals surface area contributed by atoms with E-state index in [0.29, 0.717) is 11.6 Å². The van der Waals surface area contributed by atoms with Crippen LogP contribution >= 0.6 is 0 Å². The van der Waals surface area contributed by atoms with Gasteiger partial charge >= 0.3 is 0 Å². The first kappa shape index (κ1) is 10.1. The summed E-state index contributed by atoms with van der Waals surface area (Å²) in [5.41, 5.74) is 0.480. The molecule has 1 N–H and O–H groups in total. The molecule has 3 rings (SSSR count). The zero-order valence-corrected chi connectivity index (χ0v) is 9.28. The molecular formula is C12H15FN2O. The monoisotopic (exact) mass is 222 g/mol. The van der Waals surface area contributed by atoms with Gasteiger partial charge in [-0.05, 0) is 38.5 Å². The third-order valence-corrected chi connectivity index (χ3v) is 4.08. The third-order valence-electron chi connectivity index (χ3n) is 4.08. The Bertz CT molecular complexity index is 437. The number of aliphatic hydroxyl groups excluding tert-OH is 1. The van der Waals surface area contributed by atoms with Gasteiger partial charge in [-0.15, -0.1) is 0 Å². The van der Waals surface area contributed by atoms with Crippen molar-refractivity contribution in [3.05, 3.63) is 23.5 Å². The van der Waals surface area contributed by atoms with Gasteiger partial charge in [0.2, 0.25) is 0 Å². The van der Waals surface area contributed by atoms with Gasteiger partial charge in [-0.2, -0.15) is 0 Å². The lowest BCUT2D eigenvalue weighted by Gasteiger charge is -2.24. The van der Waals surface area contributed by atoms with Crippen LogP contribution in [0.25, 0.3) is 0 Å². The van der Waals surface area contributed by atoms with Crippen LogP contribution < -0.4 is 0 Å². The van der Waals surface area contributed by atoms with Crippen LogP contribution in [0.1, 0.15) is 37.2 Å². The van der Waals surface area contributed by atoms with Gasteiger partial charge in [-0.3, -0.25) is 0 Å². The molecule has 0 saturated heterocycles. The molecule has 1 unspecified atom stereocenters. The lowest BCUT2D eigenvalue weighted by Crippen LogP contribution is -2.25. The summed E-state index contributed by atoms with van der Waals surface area (Å²) in [6.07, 6.45) is 4.75. The van der Waals surface area contributed by atoms with Gasteiger partial charge in [-0.25, -0.2) is 14.4 Å². The number of rotatable bonds is 1. The molecule has 0 aromatic carbocycles. The average molecular weight is 222 g/mol. The van der Waals surface area contributed by atoms with Gasteiger partial charge in [0.15, 0.2) is 5.82 Å². The van der Waals surface area contributed by atoms with Crippen molar-refractivity contribution in [2.75, 3.05) is 0 Å². The maximum atomic E-state index is 13.1. The van der Waals surface area contributed by atoms with Crippen LogP contribution in [0.2, 0.25) is 0 Å². The molecule has 4 heteroatoms. The molecule has 0 spiro atoms. The molecular weight excluding hydrogens is 207 g/mol. The second-order valence-corrected chi connectivity index (χ2v) is 5.11. The first-order valence-corrected chi connectivity index (χ1v) is 5.79. The molecule has 0 aliphatic heterocycles. The van der Waals surface area contributed by atoms with Crippen molar-refractivity contribution < 1.29 is 9.50 Å². The Kier molecular flexibility index (Phi) is 2.05. The van der Waals surface area contributed by atoms with E-state index in [9.17, 15) is 9.50 Å². The van der Waals surface area contributed by atoms with E-state index in [2.05, 4.69) is 9.97 Å². The van der Waals surface area contributed by atoms with Crippen molar-refractivity contribution in [1.82, 2.24) is 9.97 Å². The highest BCUT2D eigenvalue weighted by molar-refractivity contribution is 5.25. The van der Waals surface area contributed by atoms with E-state index in [4.69, 9.17) is 0 Å². The zero-order valence-electron chi connectivity index (χ0n) is 9.28. The van der Waals surface area contributed by atoms with E-state index in [1.54, 1.807) is 6.92 Å². The molecule has 3 nitrogen and oxygen atoms in total. The number of aryl methyl sites for hydroxylation is 1. The number of fused-ring (bicyclic) bond motifs is 1. The largest absolute Gasteiger partial charge is 0.393 e. The molecule has 2 aliphatic rings. The second-order valence-electron chi connectivity index (χ2n) is 5.11. The number of aromatic nitrogens is 2. The number of halogens is 1. The summed E-state index contributed by atoms with van der Waals surface area (Å²) in [6, 6.07) is 0. The first-order valence-electron chi connectivity index (χ1n) is 5.79. The number of hydrogen-bond donors (Lipinski definition) is 1. The summed E-state index contributed by atoms with van der Waals surface area (Å²) in [5.74, 6) is 0.942. The first-order chi connectivity index (χ1) is 7.62. The topological polar surface area (TPSA) is 46.0 Å². The average Bonchev–Trinajstić information content (AvgIpc) is 2.96. The Hall–Kier alpha value is -1.03. The zero-order chi connectivity index (χ0) is 11.3. The van der Waals surface area contributed by atoms with Gasteiger partial charge < -0.3 is 5.11 Å². The van der Waals surface area contributed by atoms with E-state index in [0.717, 1.165) is 31.5 Å². The Morgan fingerprint density at radius 3 is 3.06 bits per heavy atom. The maximum Gasteiger partial charge on any atom is 0.162 e. The van der Waals surface area contributed by atoms with Crippen LogP contribution in [0.4, 0.5) is 4.39 Å². The van der Waals surface area contributed by atoms with Crippen molar-refractivity contribution in [1.29, 1.82) is 0 Å². The smallest absolute Gasteiger partial charge is 0.162 e. The third kappa shape index (κ3) is 1.36. The molecule has 2 aliphatic carbocycles. The van der Waals surface area contributed by atoms with Crippen LogP contribution in [0, 0.1) is 18.7 Å². The Morgan fingerprint density at radius 2 is 2.38 bits per heavy atom. The second kappa shape index (κ2) is 3.23. The predicted octanol–water partition coefficient (Wildman–Crippen LogP) is 1.73. The Balaban J connectivity index is 1.91. The summed E-state index contributed by atoms with van der Waals surface area (Å²) in [4.78, 5) is 8.40. The number of hydrogen-bond acceptors (Lipinski definition) is 3. The highest BCUT2D eigenvalue weighted by Crippen LogP contribution is 2.61. The molecule has 1 aromatic heterocycles. The molecule has 2 fully saturated rings. The van der Waals surface area contributed by atoms with Crippen LogP contribution in [0.5, 0.6) is 0 Å². The minimum Gasteiger partial charge on any atom is -0.393 e. The van der Waals surface area contributed by atoms with Gasteiger partial charge in [0, 0.05) is 5.41 Å². The SMILES string of the molecule is Cc1nc([C@@]23CC[C@H](O)CC2C3)ncc1F. The summed E-state index contributed by atoms with van der Waals surface area (Å²) in [6.45, 7) is 1.67. The molecule has 1 aromatic rings. The van der Waals surface area contributed by atoms with E-state index < -0.39 is 0 Å². The van der Waals surface area contributed by atoms with E-state index >= 15 is 0 Å². The summed E-state index contributed by atoms with van der Waals surface area (Å²) >= 11 is 0. The summed E-state index contributed by atoms with van der Waals surface area (Å²) < 4.78 is 13.1. The Morgan fingerprint density at radius 1 is 1.56 bits per heavy atom. The van der Waals surface area contributed by atoms with Gasteiger partial charge in [-0.1, -0.05) is 0 Å². The molecule has 0 amide bonds. The van der Waals surface area contributed by atoms with Crippen LogP contribution in [-0.2, 0) is 5.41 Å². The minimum absolute atomic E-state index is 0.0533. The molecule has 1 heterocycles. The number of aliphatic hydroxyl groups is 1. The van der Waals surface area contributed by atoms with Crippen molar-refractivity contribution in [2.45, 2.75) is 44.1 Å². The van der Waals surface area contributed by atoms with Crippen LogP contribution in [0.15, 0.2) is 6.20 Å². The lowest BCUT2D eigenvalue weighted by molar-refractivity contribution is 0.118. The molecule has 16 heavy (non-hydrogen) atoms. The maximum absolute atomic E-state index is 13.1.